The maximum absolute atomic E-state index is 12.5. The highest BCUT2D eigenvalue weighted by Gasteiger charge is 2.31. The Morgan fingerprint density at radius 2 is 1.95 bits per heavy atom. The average molecular weight is 296 g/mol. The van der Waals surface area contributed by atoms with Crippen molar-refractivity contribution in [2.24, 2.45) is 17.6 Å². The van der Waals surface area contributed by atoms with E-state index in [2.05, 4.69) is 13.8 Å². The van der Waals surface area contributed by atoms with Crippen LogP contribution in [-0.4, -0.2) is 32.4 Å². The summed E-state index contributed by atoms with van der Waals surface area (Å²) in [5.41, 5.74) is 6.80. The normalized spacial score (nSPS) is 20.7. The van der Waals surface area contributed by atoms with Crippen LogP contribution in [0, 0.1) is 11.8 Å². The van der Waals surface area contributed by atoms with Gasteiger partial charge in [0.1, 0.15) is 0 Å². The highest BCUT2D eigenvalue weighted by Crippen LogP contribution is 2.24. The molecule has 1 heterocycles. The number of nitrogens with zero attached hydrogens (tertiary/aromatic N) is 1. The van der Waals surface area contributed by atoms with Gasteiger partial charge >= 0.3 is 0 Å². The van der Waals surface area contributed by atoms with Gasteiger partial charge in [-0.3, -0.25) is 0 Å². The van der Waals surface area contributed by atoms with E-state index in [1.54, 1.807) is 16.4 Å². The van der Waals surface area contributed by atoms with Crippen molar-refractivity contribution in [2.45, 2.75) is 31.6 Å². The van der Waals surface area contributed by atoms with Crippen molar-refractivity contribution in [1.29, 1.82) is 0 Å². The van der Waals surface area contributed by atoms with E-state index in [0.717, 1.165) is 12.8 Å². The lowest BCUT2D eigenvalue weighted by atomic mass is 10.0. The Bertz CT molecular complexity index is 537. The molecule has 0 amide bonds. The minimum atomic E-state index is -3.35. The smallest absolute Gasteiger partial charge is 0.243 e. The van der Waals surface area contributed by atoms with Gasteiger partial charge in [-0.1, -0.05) is 26.0 Å². The van der Waals surface area contributed by atoms with Crippen LogP contribution in [0.25, 0.3) is 0 Å². The van der Waals surface area contributed by atoms with E-state index < -0.39 is 10.0 Å². The summed E-state index contributed by atoms with van der Waals surface area (Å²) in [6.07, 6.45) is 1.83. The first-order valence-electron chi connectivity index (χ1n) is 7.22. The van der Waals surface area contributed by atoms with Gasteiger partial charge in [0.2, 0.25) is 10.0 Å². The van der Waals surface area contributed by atoms with Gasteiger partial charge in [0.05, 0.1) is 4.90 Å². The zero-order chi connectivity index (χ0) is 14.8. The van der Waals surface area contributed by atoms with Crippen LogP contribution in [0.15, 0.2) is 29.2 Å². The maximum Gasteiger partial charge on any atom is 0.243 e. The van der Waals surface area contributed by atoms with Crippen LogP contribution < -0.4 is 5.73 Å². The van der Waals surface area contributed by atoms with Gasteiger partial charge < -0.3 is 5.73 Å². The van der Waals surface area contributed by atoms with E-state index >= 15 is 0 Å². The van der Waals surface area contributed by atoms with Gasteiger partial charge in [-0.15, -0.1) is 0 Å². The molecule has 20 heavy (non-hydrogen) atoms. The third-order valence-electron chi connectivity index (χ3n) is 3.79. The van der Waals surface area contributed by atoms with Crippen LogP contribution in [0.2, 0.25) is 0 Å². The molecule has 1 aliphatic heterocycles. The van der Waals surface area contributed by atoms with Gasteiger partial charge in [-0.2, -0.15) is 4.31 Å². The second-order valence-electron chi connectivity index (χ2n) is 6.00. The highest BCUT2D eigenvalue weighted by atomic mass is 32.2. The molecule has 1 fully saturated rings. The summed E-state index contributed by atoms with van der Waals surface area (Å²) in [5.74, 6) is 0.867. The first-order valence-corrected chi connectivity index (χ1v) is 8.66. The van der Waals surface area contributed by atoms with Crippen molar-refractivity contribution in [1.82, 2.24) is 4.31 Å². The predicted octanol–water partition coefficient (Wildman–Crippen LogP) is 1.85. The molecule has 1 aromatic carbocycles. The summed E-state index contributed by atoms with van der Waals surface area (Å²) in [4.78, 5) is 0.391. The molecule has 1 aromatic rings. The molecule has 0 saturated carbocycles. The van der Waals surface area contributed by atoms with Gasteiger partial charge in [-0.25, -0.2) is 8.42 Å². The van der Waals surface area contributed by atoms with E-state index in [0.29, 0.717) is 36.4 Å². The van der Waals surface area contributed by atoms with Crippen LogP contribution in [0.5, 0.6) is 0 Å². The molecule has 0 aliphatic carbocycles. The SMILES string of the molecule is CC(C)Cc1ccc(S(=O)(=O)N2CCC(CN)C2)cc1. The first kappa shape index (κ1) is 15.5. The average Bonchev–Trinajstić information content (AvgIpc) is 2.88. The van der Waals surface area contributed by atoms with E-state index in [4.69, 9.17) is 5.73 Å². The second kappa shape index (κ2) is 6.24. The van der Waals surface area contributed by atoms with Crippen molar-refractivity contribution in [2.75, 3.05) is 19.6 Å². The Labute approximate surface area is 122 Å². The number of rotatable bonds is 5. The number of hydrogen-bond acceptors (Lipinski definition) is 3. The predicted molar refractivity (Wildman–Crippen MR) is 80.9 cm³/mol. The summed E-state index contributed by atoms with van der Waals surface area (Å²) in [6, 6.07) is 7.29. The van der Waals surface area contributed by atoms with Crippen molar-refractivity contribution in [3.8, 4) is 0 Å². The van der Waals surface area contributed by atoms with Crippen LogP contribution in [0.3, 0.4) is 0 Å². The monoisotopic (exact) mass is 296 g/mol. The highest BCUT2D eigenvalue weighted by molar-refractivity contribution is 7.89. The molecule has 0 radical (unpaired) electrons. The van der Waals surface area contributed by atoms with Gasteiger partial charge in [0.15, 0.2) is 0 Å². The van der Waals surface area contributed by atoms with Crippen molar-refractivity contribution in [3.63, 3.8) is 0 Å². The molecule has 112 valence electrons. The molecule has 1 unspecified atom stereocenters. The Hall–Kier alpha value is -0.910. The Morgan fingerprint density at radius 1 is 1.30 bits per heavy atom. The topological polar surface area (TPSA) is 63.4 Å². The standard InChI is InChI=1S/C15H24N2O2S/c1-12(2)9-13-3-5-15(6-4-13)20(18,19)17-8-7-14(10-16)11-17/h3-6,12,14H,7-11,16H2,1-2H3. The summed E-state index contributed by atoms with van der Waals surface area (Å²) in [6.45, 7) is 5.99. The van der Waals surface area contributed by atoms with Gasteiger partial charge in [-0.05, 0) is 48.9 Å². The number of sulfonamides is 1. The molecular weight excluding hydrogens is 272 g/mol. The molecule has 2 N–H and O–H groups in total. The van der Waals surface area contributed by atoms with E-state index in [1.165, 1.54) is 5.56 Å². The molecule has 0 aromatic heterocycles. The molecule has 5 heteroatoms. The van der Waals surface area contributed by atoms with Crippen molar-refractivity contribution < 1.29 is 8.42 Å². The Balaban J connectivity index is 2.14. The van der Waals surface area contributed by atoms with Gasteiger partial charge in [0.25, 0.3) is 0 Å². The maximum atomic E-state index is 12.5. The van der Waals surface area contributed by atoms with Crippen molar-refractivity contribution in [3.05, 3.63) is 29.8 Å². The molecule has 0 spiro atoms. The van der Waals surface area contributed by atoms with E-state index in [1.807, 2.05) is 12.1 Å². The quantitative estimate of drug-likeness (QED) is 0.902. The number of nitrogens with two attached hydrogens (primary N) is 1. The van der Waals surface area contributed by atoms with Crippen LogP contribution in [0.1, 0.15) is 25.8 Å². The largest absolute Gasteiger partial charge is 0.330 e. The fourth-order valence-electron chi connectivity index (χ4n) is 2.63. The lowest BCUT2D eigenvalue weighted by molar-refractivity contribution is 0.459. The van der Waals surface area contributed by atoms with Crippen LogP contribution in [-0.2, 0) is 16.4 Å². The van der Waals surface area contributed by atoms with E-state index in [-0.39, 0.29) is 0 Å². The molecule has 2 rings (SSSR count). The zero-order valence-electron chi connectivity index (χ0n) is 12.2. The summed E-state index contributed by atoms with van der Waals surface area (Å²) >= 11 is 0. The Morgan fingerprint density at radius 3 is 2.45 bits per heavy atom. The summed E-state index contributed by atoms with van der Waals surface area (Å²) in [7, 11) is -3.35. The molecule has 1 atom stereocenters. The minimum absolute atomic E-state index is 0.296. The van der Waals surface area contributed by atoms with E-state index in [9.17, 15) is 8.42 Å². The first-order chi connectivity index (χ1) is 9.43. The lowest BCUT2D eigenvalue weighted by Gasteiger charge is -2.16. The zero-order valence-corrected chi connectivity index (χ0v) is 13.1. The van der Waals surface area contributed by atoms with Crippen LogP contribution in [0.4, 0.5) is 0 Å². The molecule has 0 bridgehead atoms. The Kier molecular flexibility index (Phi) is 4.83. The van der Waals surface area contributed by atoms with Crippen LogP contribution >= 0.6 is 0 Å². The molecule has 1 aliphatic rings. The number of benzene rings is 1. The molecular formula is C15H24N2O2S. The van der Waals surface area contributed by atoms with Crippen molar-refractivity contribution >= 4 is 10.0 Å². The van der Waals surface area contributed by atoms with Gasteiger partial charge in [0, 0.05) is 13.1 Å². The minimum Gasteiger partial charge on any atom is -0.330 e. The fourth-order valence-corrected chi connectivity index (χ4v) is 4.16. The second-order valence-corrected chi connectivity index (χ2v) is 7.93. The summed E-state index contributed by atoms with van der Waals surface area (Å²) < 4.78 is 26.6. The molecule has 4 nitrogen and oxygen atoms in total. The molecule has 1 saturated heterocycles. The fraction of sp³-hybridized carbons (Fsp3) is 0.600. The summed E-state index contributed by atoms with van der Waals surface area (Å²) in [5, 5.41) is 0. The lowest BCUT2D eigenvalue weighted by Crippen LogP contribution is -2.30. The third-order valence-corrected chi connectivity index (χ3v) is 5.67. The number of hydrogen-bond donors (Lipinski definition) is 1. The third kappa shape index (κ3) is 3.40.